The van der Waals surface area contributed by atoms with Gasteiger partial charge in [-0.1, -0.05) is 6.92 Å². The molecule has 1 atom stereocenters. The summed E-state index contributed by atoms with van der Waals surface area (Å²) in [5.74, 6) is 0. The molecule has 0 spiro atoms. The van der Waals surface area contributed by atoms with Crippen molar-refractivity contribution >= 4 is 0 Å². The van der Waals surface area contributed by atoms with E-state index >= 15 is 0 Å². The fourth-order valence-corrected chi connectivity index (χ4v) is 2.45. The average molecular weight is 270 g/mol. The van der Waals surface area contributed by atoms with Crippen LogP contribution in [-0.4, -0.2) is 87.2 Å². The molecular formula is C15H34N4. The molecule has 4 heteroatoms. The summed E-state index contributed by atoms with van der Waals surface area (Å²) in [6.07, 6.45) is 2.51. The van der Waals surface area contributed by atoms with E-state index in [4.69, 9.17) is 0 Å². The first-order valence-corrected chi connectivity index (χ1v) is 7.94. The molecular weight excluding hydrogens is 236 g/mol. The van der Waals surface area contributed by atoms with Crippen LogP contribution in [0.1, 0.15) is 26.7 Å². The summed E-state index contributed by atoms with van der Waals surface area (Å²) in [6, 6.07) is 0.659. The summed E-state index contributed by atoms with van der Waals surface area (Å²) in [4.78, 5) is 7.49. The van der Waals surface area contributed by atoms with Crippen molar-refractivity contribution in [1.29, 1.82) is 0 Å². The predicted molar refractivity (Wildman–Crippen MR) is 83.8 cm³/mol. The average Bonchev–Trinajstić information content (AvgIpc) is 2.41. The molecule has 1 fully saturated rings. The highest BCUT2D eigenvalue weighted by molar-refractivity contribution is 4.74. The van der Waals surface area contributed by atoms with Crippen molar-refractivity contribution in [3.8, 4) is 0 Å². The van der Waals surface area contributed by atoms with Crippen LogP contribution >= 0.6 is 0 Å². The van der Waals surface area contributed by atoms with Crippen LogP contribution in [0.25, 0.3) is 0 Å². The Kier molecular flexibility index (Phi) is 8.62. The highest BCUT2D eigenvalue weighted by atomic mass is 15.3. The summed E-state index contributed by atoms with van der Waals surface area (Å²) in [7, 11) is 4.31. The lowest BCUT2D eigenvalue weighted by molar-refractivity contribution is 0.122. The zero-order valence-electron chi connectivity index (χ0n) is 13.5. The predicted octanol–water partition coefficient (Wildman–Crippen LogP) is 0.944. The molecule has 0 aromatic heterocycles. The van der Waals surface area contributed by atoms with Crippen LogP contribution in [0.4, 0.5) is 0 Å². The van der Waals surface area contributed by atoms with E-state index < -0.39 is 0 Å². The second-order valence-corrected chi connectivity index (χ2v) is 6.13. The normalized spacial score (nSPS) is 20.1. The van der Waals surface area contributed by atoms with Crippen molar-refractivity contribution in [2.45, 2.75) is 32.7 Å². The lowest BCUT2D eigenvalue weighted by Gasteiger charge is -2.35. The fourth-order valence-electron chi connectivity index (χ4n) is 2.45. The van der Waals surface area contributed by atoms with Crippen molar-refractivity contribution < 1.29 is 0 Å². The van der Waals surface area contributed by atoms with Crippen LogP contribution in [0.3, 0.4) is 0 Å². The topological polar surface area (TPSA) is 21.8 Å². The second-order valence-electron chi connectivity index (χ2n) is 6.13. The lowest BCUT2D eigenvalue weighted by Crippen LogP contribution is -2.48. The summed E-state index contributed by atoms with van der Waals surface area (Å²) >= 11 is 0. The molecule has 19 heavy (non-hydrogen) atoms. The molecule has 1 rings (SSSR count). The largest absolute Gasteiger partial charge is 0.314 e. The monoisotopic (exact) mass is 270 g/mol. The summed E-state index contributed by atoms with van der Waals surface area (Å²) < 4.78 is 0. The Hall–Kier alpha value is -0.160. The maximum Gasteiger partial charge on any atom is 0.0110 e. The van der Waals surface area contributed by atoms with Gasteiger partial charge in [0.25, 0.3) is 0 Å². The number of rotatable bonds is 9. The molecule has 0 aliphatic carbocycles. The Balaban J connectivity index is 2.06. The maximum absolute atomic E-state index is 3.57. The molecule has 1 N–H and O–H groups in total. The van der Waals surface area contributed by atoms with E-state index in [0.29, 0.717) is 6.04 Å². The third kappa shape index (κ3) is 7.88. The van der Waals surface area contributed by atoms with Gasteiger partial charge in [-0.15, -0.1) is 0 Å². The molecule has 1 saturated heterocycles. The van der Waals surface area contributed by atoms with E-state index in [9.17, 15) is 0 Å². The van der Waals surface area contributed by atoms with Crippen molar-refractivity contribution in [2.24, 2.45) is 0 Å². The first kappa shape index (κ1) is 16.9. The van der Waals surface area contributed by atoms with E-state index in [-0.39, 0.29) is 0 Å². The van der Waals surface area contributed by atoms with Crippen LogP contribution < -0.4 is 5.32 Å². The van der Waals surface area contributed by atoms with Crippen LogP contribution in [0.5, 0.6) is 0 Å². The van der Waals surface area contributed by atoms with Crippen LogP contribution in [0, 0.1) is 0 Å². The number of nitrogens with one attached hydrogen (secondary N) is 1. The van der Waals surface area contributed by atoms with Gasteiger partial charge in [0.15, 0.2) is 0 Å². The zero-order chi connectivity index (χ0) is 14.1. The number of hydrogen-bond donors (Lipinski definition) is 1. The highest BCUT2D eigenvalue weighted by Gasteiger charge is 2.16. The van der Waals surface area contributed by atoms with Gasteiger partial charge in [-0.05, 0) is 47.0 Å². The fraction of sp³-hybridized carbons (Fsp3) is 1.00. The molecule has 1 unspecified atom stereocenters. The first-order chi connectivity index (χ1) is 9.11. The van der Waals surface area contributed by atoms with Gasteiger partial charge in [0.1, 0.15) is 0 Å². The minimum Gasteiger partial charge on any atom is -0.314 e. The molecule has 0 amide bonds. The van der Waals surface area contributed by atoms with Gasteiger partial charge in [-0.3, -0.25) is 4.90 Å². The van der Waals surface area contributed by atoms with E-state index in [1.165, 1.54) is 58.7 Å². The Morgan fingerprint density at radius 2 is 1.63 bits per heavy atom. The van der Waals surface area contributed by atoms with Gasteiger partial charge in [0, 0.05) is 45.3 Å². The second kappa shape index (κ2) is 9.70. The SMILES string of the molecule is CCCNC(C)CCN1CCN(CCN(C)C)CC1. The van der Waals surface area contributed by atoms with E-state index in [1.807, 2.05) is 0 Å². The van der Waals surface area contributed by atoms with Crippen LogP contribution in [-0.2, 0) is 0 Å². The van der Waals surface area contributed by atoms with E-state index in [2.05, 4.69) is 48.0 Å². The number of piperazine rings is 1. The van der Waals surface area contributed by atoms with Crippen LogP contribution in [0.15, 0.2) is 0 Å². The smallest absolute Gasteiger partial charge is 0.0110 e. The summed E-state index contributed by atoms with van der Waals surface area (Å²) in [5.41, 5.74) is 0. The van der Waals surface area contributed by atoms with E-state index in [1.54, 1.807) is 0 Å². The number of likely N-dealkylation sites (N-methyl/N-ethyl adjacent to an activating group) is 1. The first-order valence-electron chi connectivity index (χ1n) is 7.94. The van der Waals surface area contributed by atoms with Gasteiger partial charge < -0.3 is 15.1 Å². The molecule has 114 valence electrons. The lowest BCUT2D eigenvalue weighted by atomic mass is 10.2. The van der Waals surface area contributed by atoms with Gasteiger partial charge in [0.05, 0.1) is 0 Å². The van der Waals surface area contributed by atoms with Gasteiger partial charge >= 0.3 is 0 Å². The Bertz CT molecular complexity index is 212. The maximum atomic E-state index is 3.57. The molecule has 1 aliphatic heterocycles. The van der Waals surface area contributed by atoms with E-state index in [0.717, 1.165) is 6.54 Å². The van der Waals surface area contributed by atoms with Crippen molar-refractivity contribution in [2.75, 3.05) is 66.5 Å². The Morgan fingerprint density at radius 1 is 1.05 bits per heavy atom. The van der Waals surface area contributed by atoms with Gasteiger partial charge in [-0.25, -0.2) is 0 Å². The standard InChI is InChI=1S/C15H34N4/c1-5-7-16-15(2)6-8-18-11-13-19(14-12-18)10-9-17(3)4/h15-16H,5-14H2,1-4H3. The quantitative estimate of drug-likeness (QED) is 0.673. The minimum absolute atomic E-state index is 0.659. The summed E-state index contributed by atoms with van der Waals surface area (Å²) in [6.45, 7) is 14.3. The molecule has 0 saturated carbocycles. The molecule has 1 aliphatic rings. The highest BCUT2D eigenvalue weighted by Crippen LogP contribution is 2.03. The van der Waals surface area contributed by atoms with Gasteiger partial charge in [-0.2, -0.15) is 0 Å². The number of nitrogens with zero attached hydrogens (tertiary/aromatic N) is 3. The van der Waals surface area contributed by atoms with Crippen molar-refractivity contribution in [1.82, 2.24) is 20.0 Å². The number of hydrogen-bond acceptors (Lipinski definition) is 4. The molecule has 0 aromatic carbocycles. The van der Waals surface area contributed by atoms with Crippen LogP contribution in [0.2, 0.25) is 0 Å². The third-order valence-electron chi connectivity index (χ3n) is 3.95. The molecule has 0 aromatic rings. The molecule has 0 radical (unpaired) electrons. The third-order valence-corrected chi connectivity index (χ3v) is 3.95. The summed E-state index contributed by atoms with van der Waals surface area (Å²) in [5, 5.41) is 3.57. The molecule has 4 nitrogen and oxygen atoms in total. The van der Waals surface area contributed by atoms with Crippen molar-refractivity contribution in [3.63, 3.8) is 0 Å². The van der Waals surface area contributed by atoms with Gasteiger partial charge in [0.2, 0.25) is 0 Å². The Labute approximate surface area is 120 Å². The molecule has 0 bridgehead atoms. The Morgan fingerprint density at radius 3 is 2.16 bits per heavy atom. The zero-order valence-corrected chi connectivity index (χ0v) is 13.5. The molecule has 1 heterocycles. The van der Waals surface area contributed by atoms with Crippen molar-refractivity contribution in [3.05, 3.63) is 0 Å². The minimum atomic E-state index is 0.659.